The number of aliphatic hydroxyl groups excluding tert-OH is 1. The molecule has 0 saturated carbocycles. The lowest BCUT2D eigenvalue weighted by atomic mass is 10.0. The second kappa shape index (κ2) is 9.49. The highest BCUT2D eigenvalue weighted by atomic mass is 35.5. The molecule has 2 aromatic heterocycles. The Bertz CT molecular complexity index is 1320. The van der Waals surface area contributed by atoms with Gasteiger partial charge in [-0.3, -0.25) is 0 Å². The molecule has 0 aliphatic carbocycles. The molecule has 2 saturated heterocycles. The molecule has 0 spiro atoms. The van der Waals surface area contributed by atoms with Crippen LogP contribution in [0.2, 0.25) is 5.02 Å². The highest BCUT2D eigenvalue weighted by Gasteiger charge is 2.48. The number of aromatic amines is 1. The molecule has 1 aromatic carbocycles. The number of nitrogens with zero attached hydrogens (tertiary/aromatic N) is 2. The standard InChI is InChI=1S/C24H24ClFN4O6/c1-32-4-2-3-11-5-13(26)19-15(8-33-17(19)6-11)27-22-12(25)7-14-23(29-22)30-24(28-14)36-18-10-35-20-16(31)9-34-21(18)20/h2-3,5-7,15-16,18,20-21,31H,4,8-10H2,1H3,(H2,27,28,29,30)/b3-2+/t15?,16-,18-,20?,21?/m1/s1. The average Bonchev–Trinajstić information content (AvgIpc) is 3.61. The lowest BCUT2D eigenvalue weighted by Crippen LogP contribution is -2.34. The van der Waals surface area contributed by atoms with Crippen LogP contribution in [0.25, 0.3) is 17.2 Å². The third kappa shape index (κ3) is 4.27. The Morgan fingerprint density at radius 2 is 2.08 bits per heavy atom. The summed E-state index contributed by atoms with van der Waals surface area (Å²) in [5, 5.41) is 13.4. The summed E-state index contributed by atoms with van der Waals surface area (Å²) in [5.41, 5.74) is 2.04. The first-order valence-electron chi connectivity index (χ1n) is 11.5. The van der Waals surface area contributed by atoms with E-state index in [2.05, 4.69) is 20.3 Å². The lowest BCUT2D eigenvalue weighted by Gasteiger charge is -2.15. The van der Waals surface area contributed by atoms with E-state index >= 15 is 0 Å². The third-order valence-electron chi connectivity index (χ3n) is 6.40. The van der Waals surface area contributed by atoms with Gasteiger partial charge in [-0.1, -0.05) is 23.8 Å². The topological polar surface area (TPSA) is 120 Å². The predicted octanol–water partition coefficient (Wildman–Crippen LogP) is 2.86. The minimum atomic E-state index is -0.665. The zero-order valence-electron chi connectivity index (χ0n) is 19.2. The summed E-state index contributed by atoms with van der Waals surface area (Å²) in [6.07, 6.45) is 1.73. The molecule has 5 atom stereocenters. The molecular formula is C24H24ClFN4O6. The van der Waals surface area contributed by atoms with E-state index in [4.69, 9.17) is 35.3 Å². The Morgan fingerprint density at radius 1 is 1.22 bits per heavy atom. The van der Waals surface area contributed by atoms with Crippen LogP contribution in [-0.4, -0.2) is 78.0 Å². The molecule has 12 heteroatoms. The van der Waals surface area contributed by atoms with Crippen LogP contribution in [0.15, 0.2) is 24.3 Å². The van der Waals surface area contributed by atoms with E-state index in [1.165, 1.54) is 6.07 Å². The maximum Gasteiger partial charge on any atom is 0.296 e. The highest BCUT2D eigenvalue weighted by molar-refractivity contribution is 6.33. The van der Waals surface area contributed by atoms with Gasteiger partial charge in [0, 0.05) is 7.11 Å². The lowest BCUT2D eigenvalue weighted by molar-refractivity contribution is 0.00706. The van der Waals surface area contributed by atoms with Crippen LogP contribution in [0.4, 0.5) is 10.2 Å². The maximum absolute atomic E-state index is 15.0. The van der Waals surface area contributed by atoms with Crippen molar-refractivity contribution in [2.45, 2.75) is 30.5 Å². The predicted molar refractivity (Wildman–Crippen MR) is 128 cm³/mol. The van der Waals surface area contributed by atoms with Gasteiger partial charge in [0.2, 0.25) is 0 Å². The van der Waals surface area contributed by atoms with Crippen LogP contribution < -0.4 is 14.8 Å². The summed E-state index contributed by atoms with van der Waals surface area (Å²) < 4.78 is 42.8. The van der Waals surface area contributed by atoms with Gasteiger partial charge in [0.1, 0.15) is 42.3 Å². The van der Waals surface area contributed by atoms with Crippen LogP contribution in [0.3, 0.4) is 0 Å². The van der Waals surface area contributed by atoms with Crippen molar-refractivity contribution in [3.63, 3.8) is 0 Å². The van der Waals surface area contributed by atoms with E-state index in [1.807, 2.05) is 0 Å². The van der Waals surface area contributed by atoms with Gasteiger partial charge in [-0.25, -0.2) is 9.37 Å². The highest BCUT2D eigenvalue weighted by Crippen LogP contribution is 2.39. The van der Waals surface area contributed by atoms with Crippen LogP contribution >= 0.6 is 11.6 Å². The molecule has 5 heterocycles. The number of ether oxygens (including phenoxy) is 5. The number of rotatable bonds is 7. The number of methoxy groups -OCH3 is 1. The molecule has 190 valence electrons. The zero-order chi connectivity index (χ0) is 24.8. The van der Waals surface area contributed by atoms with E-state index in [0.29, 0.717) is 45.5 Å². The van der Waals surface area contributed by atoms with E-state index in [0.717, 1.165) is 0 Å². The Labute approximate surface area is 210 Å². The van der Waals surface area contributed by atoms with Gasteiger partial charge in [0.25, 0.3) is 6.01 Å². The summed E-state index contributed by atoms with van der Waals surface area (Å²) in [4.78, 5) is 12.0. The van der Waals surface area contributed by atoms with Crippen LogP contribution in [0.1, 0.15) is 17.2 Å². The van der Waals surface area contributed by atoms with Crippen molar-refractivity contribution in [2.75, 3.05) is 38.9 Å². The molecule has 0 bridgehead atoms. The smallest absolute Gasteiger partial charge is 0.296 e. The van der Waals surface area contributed by atoms with Crippen molar-refractivity contribution in [1.29, 1.82) is 0 Å². The number of H-pyrrole nitrogens is 1. The monoisotopic (exact) mass is 518 g/mol. The second-order valence-electron chi connectivity index (χ2n) is 8.83. The van der Waals surface area contributed by atoms with Crippen LogP contribution in [0, 0.1) is 5.82 Å². The molecule has 36 heavy (non-hydrogen) atoms. The molecular weight excluding hydrogens is 495 g/mol. The summed E-state index contributed by atoms with van der Waals surface area (Å²) in [6, 6.07) is 4.67. The van der Waals surface area contributed by atoms with Crippen molar-refractivity contribution in [2.24, 2.45) is 0 Å². The molecule has 3 aromatic rings. The summed E-state index contributed by atoms with van der Waals surface area (Å²) in [6.45, 7) is 1.14. The fraction of sp³-hybridized carbons (Fsp3) is 0.417. The molecule has 3 N–H and O–H groups in total. The number of aromatic nitrogens is 3. The Morgan fingerprint density at radius 3 is 2.94 bits per heavy atom. The van der Waals surface area contributed by atoms with E-state index in [1.54, 1.807) is 31.4 Å². The number of fused-ring (bicyclic) bond motifs is 3. The summed E-state index contributed by atoms with van der Waals surface area (Å²) >= 11 is 6.48. The molecule has 6 rings (SSSR count). The maximum atomic E-state index is 15.0. The number of hydrogen-bond donors (Lipinski definition) is 3. The molecule has 3 unspecified atom stereocenters. The van der Waals surface area contributed by atoms with Crippen LogP contribution in [-0.2, 0) is 14.2 Å². The third-order valence-corrected chi connectivity index (χ3v) is 6.69. The quantitative estimate of drug-likeness (QED) is 0.433. The van der Waals surface area contributed by atoms with Gasteiger partial charge in [-0.15, -0.1) is 0 Å². The number of benzene rings is 1. The number of pyridine rings is 1. The Hall–Kier alpha value is -2.96. The van der Waals surface area contributed by atoms with Crippen LogP contribution in [0.5, 0.6) is 11.8 Å². The molecule has 0 radical (unpaired) electrons. The van der Waals surface area contributed by atoms with Gasteiger partial charge in [-0.05, 0) is 23.8 Å². The average molecular weight is 519 g/mol. The van der Waals surface area contributed by atoms with Crippen molar-refractivity contribution in [3.05, 3.63) is 46.2 Å². The largest absolute Gasteiger partial charge is 0.491 e. The van der Waals surface area contributed by atoms with Gasteiger partial charge < -0.3 is 39.1 Å². The Kier molecular flexibility index (Phi) is 6.18. The summed E-state index contributed by atoms with van der Waals surface area (Å²) in [7, 11) is 1.59. The van der Waals surface area contributed by atoms with E-state index in [9.17, 15) is 9.50 Å². The second-order valence-corrected chi connectivity index (χ2v) is 9.24. The number of hydrogen-bond acceptors (Lipinski definition) is 9. The van der Waals surface area contributed by atoms with Crippen molar-refractivity contribution < 1.29 is 33.2 Å². The summed E-state index contributed by atoms with van der Waals surface area (Å²) in [5.74, 6) is 0.427. The number of halogens is 2. The van der Waals surface area contributed by atoms with Gasteiger partial charge >= 0.3 is 0 Å². The van der Waals surface area contributed by atoms with Gasteiger partial charge in [-0.2, -0.15) is 4.98 Å². The molecule has 0 amide bonds. The fourth-order valence-corrected chi connectivity index (χ4v) is 4.93. The number of nitrogens with one attached hydrogen (secondary N) is 2. The van der Waals surface area contributed by atoms with Crippen molar-refractivity contribution >= 4 is 34.7 Å². The first-order chi connectivity index (χ1) is 17.5. The molecule has 3 aliphatic rings. The minimum absolute atomic E-state index is 0.210. The van der Waals surface area contributed by atoms with Gasteiger partial charge in [0.05, 0.1) is 42.0 Å². The SMILES string of the molecule is COC/C=C/c1cc(F)c2c(c1)OCC2Nc1nc2nc(O[C@@H]3COC4C3OC[C@H]4O)[nH]c2cc1Cl. The number of imidazole rings is 1. The minimum Gasteiger partial charge on any atom is -0.491 e. The van der Waals surface area contributed by atoms with E-state index in [-0.39, 0.29) is 37.8 Å². The molecule has 2 fully saturated rings. The van der Waals surface area contributed by atoms with Gasteiger partial charge in [0.15, 0.2) is 11.8 Å². The molecule has 10 nitrogen and oxygen atoms in total. The first-order valence-corrected chi connectivity index (χ1v) is 11.9. The van der Waals surface area contributed by atoms with E-state index < -0.39 is 24.4 Å². The normalized spacial score (nSPS) is 26.9. The first kappa shape index (κ1) is 23.4. The van der Waals surface area contributed by atoms with Crippen molar-refractivity contribution in [3.8, 4) is 11.8 Å². The zero-order valence-corrected chi connectivity index (χ0v) is 20.0. The fourth-order valence-electron chi connectivity index (χ4n) is 4.72. The number of aliphatic hydroxyl groups is 1. The molecule has 3 aliphatic heterocycles. The Balaban J connectivity index is 1.20. The van der Waals surface area contributed by atoms with Crippen molar-refractivity contribution in [1.82, 2.24) is 15.0 Å². The number of anilines is 1.